The van der Waals surface area contributed by atoms with Crippen molar-refractivity contribution in [1.29, 1.82) is 0 Å². The number of benzene rings is 1. The van der Waals surface area contributed by atoms with Crippen LogP contribution in [0.25, 0.3) is 10.7 Å². The molecule has 2 amide bonds. The molecule has 0 fully saturated rings. The fourth-order valence-corrected chi connectivity index (χ4v) is 6.18. The number of hydrogen-bond acceptors (Lipinski definition) is 6. The SMILES string of the molecule is CNC(=O)c1cccc(NC(=O)CSc2nnc(-c3cc4c(s3)CCC(C(C)(C)C)C4)n2C)c1. The molecule has 1 unspecified atom stereocenters. The average Bonchev–Trinajstić information content (AvgIpc) is 3.39. The zero-order chi connectivity index (χ0) is 24.5. The highest BCUT2D eigenvalue weighted by Gasteiger charge is 2.30. The predicted octanol–water partition coefficient (Wildman–Crippen LogP) is 4.79. The maximum absolute atomic E-state index is 12.5. The Bertz CT molecular complexity index is 1210. The van der Waals surface area contributed by atoms with Gasteiger partial charge in [-0.1, -0.05) is 38.6 Å². The number of hydrogen-bond donors (Lipinski definition) is 2. The highest BCUT2D eigenvalue weighted by Crippen LogP contribution is 2.42. The summed E-state index contributed by atoms with van der Waals surface area (Å²) in [6, 6.07) is 9.15. The molecule has 34 heavy (non-hydrogen) atoms. The molecule has 2 N–H and O–H groups in total. The van der Waals surface area contributed by atoms with Crippen LogP contribution >= 0.6 is 23.1 Å². The van der Waals surface area contributed by atoms with Gasteiger partial charge in [0.25, 0.3) is 5.91 Å². The number of rotatable bonds is 6. The first kappa shape index (κ1) is 24.5. The molecule has 0 saturated carbocycles. The maximum Gasteiger partial charge on any atom is 0.251 e. The van der Waals surface area contributed by atoms with Crippen LogP contribution in [0.15, 0.2) is 35.5 Å². The van der Waals surface area contributed by atoms with Gasteiger partial charge in [0.15, 0.2) is 11.0 Å². The molecule has 0 spiro atoms. The molecule has 0 radical (unpaired) electrons. The number of fused-ring (bicyclic) bond motifs is 1. The van der Waals surface area contributed by atoms with Crippen molar-refractivity contribution in [3.05, 3.63) is 46.3 Å². The van der Waals surface area contributed by atoms with E-state index >= 15 is 0 Å². The number of aromatic nitrogens is 3. The molecule has 0 saturated heterocycles. The molecule has 1 aliphatic rings. The number of thioether (sulfide) groups is 1. The van der Waals surface area contributed by atoms with Crippen LogP contribution in [0.4, 0.5) is 5.69 Å². The first-order valence-electron chi connectivity index (χ1n) is 11.4. The van der Waals surface area contributed by atoms with Crippen LogP contribution in [0.1, 0.15) is 48.0 Å². The smallest absolute Gasteiger partial charge is 0.251 e. The number of nitrogens with one attached hydrogen (secondary N) is 2. The summed E-state index contributed by atoms with van der Waals surface area (Å²) in [7, 11) is 3.52. The zero-order valence-electron chi connectivity index (χ0n) is 20.3. The topological polar surface area (TPSA) is 88.9 Å². The molecule has 0 aliphatic heterocycles. The molecule has 0 bridgehead atoms. The highest BCUT2D eigenvalue weighted by atomic mass is 32.2. The van der Waals surface area contributed by atoms with Gasteiger partial charge in [-0.25, -0.2) is 0 Å². The number of carbonyl (C=O) groups excluding carboxylic acids is 2. The van der Waals surface area contributed by atoms with Crippen LogP contribution in [-0.2, 0) is 24.7 Å². The molecular weight excluding hydrogens is 466 g/mol. The number of thiophene rings is 1. The molecule has 180 valence electrons. The Morgan fingerprint density at radius 3 is 2.76 bits per heavy atom. The van der Waals surface area contributed by atoms with Gasteiger partial charge in [0.05, 0.1) is 10.6 Å². The number of amides is 2. The summed E-state index contributed by atoms with van der Waals surface area (Å²) >= 11 is 3.16. The van der Waals surface area contributed by atoms with E-state index in [4.69, 9.17) is 0 Å². The van der Waals surface area contributed by atoms with E-state index < -0.39 is 0 Å². The minimum absolute atomic E-state index is 0.164. The van der Waals surface area contributed by atoms with Crippen molar-refractivity contribution >= 4 is 40.6 Å². The lowest BCUT2D eigenvalue weighted by Gasteiger charge is -2.33. The summed E-state index contributed by atoms with van der Waals surface area (Å²) in [6.45, 7) is 6.99. The van der Waals surface area contributed by atoms with E-state index in [2.05, 4.69) is 47.7 Å². The minimum atomic E-state index is -0.193. The quantitative estimate of drug-likeness (QED) is 0.478. The molecule has 1 atom stereocenters. The predicted molar refractivity (Wildman–Crippen MR) is 138 cm³/mol. The average molecular weight is 498 g/mol. The van der Waals surface area contributed by atoms with Crippen molar-refractivity contribution in [3.63, 3.8) is 0 Å². The van der Waals surface area contributed by atoms with Gasteiger partial charge in [0.2, 0.25) is 5.91 Å². The van der Waals surface area contributed by atoms with Gasteiger partial charge >= 0.3 is 0 Å². The first-order valence-corrected chi connectivity index (χ1v) is 13.2. The Morgan fingerprint density at radius 1 is 1.24 bits per heavy atom. The summed E-state index contributed by atoms with van der Waals surface area (Å²) in [4.78, 5) is 26.9. The highest BCUT2D eigenvalue weighted by molar-refractivity contribution is 7.99. The Hall–Kier alpha value is -2.65. The van der Waals surface area contributed by atoms with E-state index in [0.717, 1.165) is 23.5 Å². The van der Waals surface area contributed by atoms with Gasteiger partial charge < -0.3 is 15.2 Å². The van der Waals surface area contributed by atoms with Crippen molar-refractivity contribution in [2.24, 2.45) is 18.4 Å². The monoisotopic (exact) mass is 497 g/mol. The lowest BCUT2D eigenvalue weighted by Crippen LogP contribution is -2.26. The molecule has 2 aromatic heterocycles. The summed E-state index contributed by atoms with van der Waals surface area (Å²) in [6.07, 6.45) is 3.48. The van der Waals surface area contributed by atoms with Crippen LogP contribution in [0.2, 0.25) is 0 Å². The van der Waals surface area contributed by atoms with Crippen LogP contribution in [0.5, 0.6) is 0 Å². The zero-order valence-corrected chi connectivity index (χ0v) is 21.9. The molecule has 3 aromatic rings. The molecule has 4 rings (SSSR count). The first-order chi connectivity index (χ1) is 16.2. The van der Waals surface area contributed by atoms with E-state index in [1.54, 1.807) is 31.3 Å². The van der Waals surface area contributed by atoms with Crippen molar-refractivity contribution in [1.82, 2.24) is 20.1 Å². The van der Waals surface area contributed by atoms with Gasteiger partial charge in [-0.2, -0.15) is 0 Å². The number of anilines is 1. The summed E-state index contributed by atoms with van der Waals surface area (Å²) in [5.74, 6) is 1.38. The normalized spacial score (nSPS) is 15.6. The standard InChI is InChI=1S/C25H31N5O2S2/c1-25(2,3)17-9-10-19-16(11-17)13-20(34-19)22-28-29-24(30(22)5)33-14-21(31)27-18-8-6-7-15(12-18)23(32)26-4/h6-8,12-13,17H,9-11,14H2,1-5H3,(H,26,32)(H,27,31). The van der Waals surface area contributed by atoms with Gasteiger partial charge in [-0.3, -0.25) is 9.59 Å². The third-order valence-electron chi connectivity index (χ3n) is 6.33. The largest absolute Gasteiger partial charge is 0.355 e. The van der Waals surface area contributed by atoms with Gasteiger partial charge in [0.1, 0.15) is 0 Å². The summed E-state index contributed by atoms with van der Waals surface area (Å²) in [5.41, 5.74) is 2.85. The Kier molecular flexibility index (Phi) is 7.14. The molecule has 1 aliphatic carbocycles. The Balaban J connectivity index is 1.40. The molecule has 7 nitrogen and oxygen atoms in total. The van der Waals surface area contributed by atoms with Gasteiger partial charge in [-0.15, -0.1) is 21.5 Å². The molecular formula is C25H31N5O2S2. The Labute approximate surface area is 208 Å². The fourth-order valence-electron chi connectivity index (χ4n) is 4.24. The fraction of sp³-hybridized carbons (Fsp3) is 0.440. The second kappa shape index (κ2) is 9.92. The third kappa shape index (κ3) is 5.36. The van der Waals surface area contributed by atoms with Crippen molar-refractivity contribution in [2.45, 2.75) is 45.2 Å². The lowest BCUT2D eigenvalue weighted by molar-refractivity contribution is -0.113. The van der Waals surface area contributed by atoms with Crippen LogP contribution < -0.4 is 10.6 Å². The summed E-state index contributed by atoms with van der Waals surface area (Å²) in [5, 5.41) is 14.9. The maximum atomic E-state index is 12.5. The van der Waals surface area contributed by atoms with E-state index in [9.17, 15) is 9.59 Å². The number of carbonyl (C=O) groups is 2. The van der Waals surface area contributed by atoms with Gasteiger partial charge in [-0.05, 0) is 60.4 Å². The minimum Gasteiger partial charge on any atom is -0.355 e. The van der Waals surface area contributed by atoms with E-state index in [1.807, 2.05) is 23.0 Å². The van der Waals surface area contributed by atoms with Crippen LogP contribution in [-0.4, -0.2) is 39.4 Å². The van der Waals surface area contributed by atoms with Crippen molar-refractivity contribution < 1.29 is 9.59 Å². The van der Waals surface area contributed by atoms with Crippen LogP contribution in [0, 0.1) is 11.3 Å². The van der Waals surface area contributed by atoms with Crippen molar-refractivity contribution in [2.75, 3.05) is 18.1 Å². The molecule has 1 aromatic carbocycles. The summed E-state index contributed by atoms with van der Waals surface area (Å²) < 4.78 is 1.96. The number of aryl methyl sites for hydroxylation is 1. The van der Waals surface area contributed by atoms with E-state index in [1.165, 1.54) is 28.6 Å². The van der Waals surface area contributed by atoms with E-state index in [-0.39, 0.29) is 17.6 Å². The second-order valence-corrected chi connectivity index (χ2v) is 11.8. The Morgan fingerprint density at radius 2 is 2.03 bits per heavy atom. The van der Waals surface area contributed by atoms with Gasteiger partial charge in [0, 0.05) is 30.2 Å². The van der Waals surface area contributed by atoms with Crippen LogP contribution in [0.3, 0.4) is 0 Å². The van der Waals surface area contributed by atoms with Crippen molar-refractivity contribution in [3.8, 4) is 10.7 Å². The lowest BCUT2D eigenvalue weighted by atomic mass is 9.72. The number of nitrogens with zero attached hydrogens (tertiary/aromatic N) is 3. The second-order valence-electron chi connectivity index (χ2n) is 9.73. The molecule has 2 heterocycles. The molecule has 9 heteroatoms. The third-order valence-corrected chi connectivity index (χ3v) is 8.58. The van der Waals surface area contributed by atoms with E-state index in [0.29, 0.717) is 27.7 Å².